The lowest BCUT2D eigenvalue weighted by Gasteiger charge is -2.39. The van der Waals surface area contributed by atoms with Crippen LogP contribution in [0.2, 0.25) is 0 Å². The quantitative estimate of drug-likeness (QED) is 0.881. The Labute approximate surface area is 154 Å². The van der Waals surface area contributed by atoms with Gasteiger partial charge in [0.05, 0.1) is 17.1 Å². The number of aromatic nitrogens is 1. The average molecular weight is 351 g/mol. The molecule has 26 heavy (non-hydrogen) atoms. The zero-order chi connectivity index (χ0) is 18.7. The smallest absolute Gasteiger partial charge is 0.237 e. The van der Waals surface area contributed by atoms with E-state index in [9.17, 15) is 10.1 Å². The van der Waals surface area contributed by atoms with Gasteiger partial charge in [0, 0.05) is 36.4 Å². The largest absolute Gasteiger partial charge is 0.369 e. The minimum Gasteiger partial charge on any atom is -0.369 e. The van der Waals surface area contributed by atoms with Gasteiger partial charge in [0.15, 0.2) is 0 Å². The first-order valence-corrected chi connectivity index (χ1v) is 9.04. The van der Waals surface area contributed by atoms with E-state index in [1.54, 1.807) is 13.2 Å². The van der Waals surface area contributed by atoms with Crippen molar-refractivity contribution in [3.63, 3.8) is 0 Å². The fourth-order valence-corrected chi connectivity index (χ4v) is 3.63. The number of piperidine rings is 1. The predicted molar refractivity (Wildman–Crippen MR) is 103 cm³/mol. The Hall–Kier alpha value is -2.65. The van der Waals surface area contributed by atoms with Crippen molar-refractivity contribution in [3.8, 4) is 6.07 Å². The van der Waals surface area contributed by atoms with Crippen molar-refractivity contribution in [2.45, 2.75) is 32.4 Å². The highest BCUT2D eigenvalue weighted by atomic mass is 16.2. The molecule has 136 valence electrons. The number of carbonyl (C=O) groups is 1. The molecule has 2 heterocycles. The van der Waals surface area contributed by atoms with Crippen LogP contribution in [0.15, 0.2) is 30.5 Å². The number of nitrogens with one attached hydrogen (secondary N) is 2. The van der Waals surface area contributed by atoms with E-state index in [0.29, 0.717) is 11.5 Å². The van der Waals surface area contributed by atoms with Gasteiger partial charge < -0.3 is 15.5 Å². The van der Waals surface area contributed by atoms with Crippen LogP contribution in [0.25, 0.3) is 10.9 Å². The topological polar surface area (TPSA) is 81.0 Å². The monoisotopic (exact) mass is 351 g/mol. The zero-order valence-corrected chi connectivity index (χ0v) is 15.5. The Morgan fingerprint density at radius 3 is 2.92 bits per heavy atom. The van der Waals surface area contributed by atoms with Crippen molar-refractivity contribution in [3.05, 3.63) is 36.0 Å². The summed E-state index contributed by atoms with van der Waals surface area (Å²) < 4.78 is 0. The van der Waals surface area contributed by atoms with Crippen LogP contribution >= 0.6 is 0 Å². The molecular weight excluding hydrogens is 326 g/mol. The van der Waals surface area contributed by atoms with Crippen molar-refractivity contribution in [2.75, 3.05) is 25.0 Å². The SMILES string of the molecule is CNC(C)C(=O)N[C@@H]1C[C@H](C)CN(c2ccc(C#N)c3ncccc23)C1. The van der Waals surface area contributed by atoms with E-state index in [0.717, 1.165) is 36.1 Å². The second-order valence-electron chi connectivity index (χ2n) is 7.11. The number of hydrogen-bond acceptors (Lipinski definition) is 5. The molecule has 3 rings (SSSR count). The molecule has 1 aliphatic heterocycles. The maximum atomic E-state index is 12.2. The van der Waals surface area contributed by atoms with E-state index in [1.807, 2.05) is 31.2 Å². The highest BCUT2D eigenvalue weighted by Gasteiger charge is 2.28. The molecule has 6 nitrogen and oxygen atoms in total. The third-order valence-corrected chi connectivity index (χ3v) is 5.04. The third-order valence-electron chi connectivity index (χ3n) is 5.04. The Morgan fingerprint density at radius 1 is 1.38 bits per heavy atom. The molecule has 0 radical (unpaired) electrons. The van der Waals surface area contributed by atoms with E-state index in [2.05, 4.69) is 33.5 Å². The first-order chi connectivity index (χ1) is 12.5. The van der Waals surface area contributed by atoms with Gasteiger partial charge in [-0.1, -0.05) is 6.92 Å². The second kappa shape index (κ2) is 7.71. The summed E-state index contributed by atoms with van der Waals surface area (Å²) in [6, 6.07) is 9.85. The number of nitriles is 1. The molecular formula is C20H25N5O. The molecule has 1 aromatic heterocycles. The maximum Gasteiger partial charge on any atom is 0.237 e. The third kappa shape index (κ3) is 3.63. The first-order valence-electron chi connectivity index (χ1n) is 9.04. The van der Waals surface area contributed by atoms with Gasteiger partial charge in [0.2, 0.25) is 5.91 Å². The van der Waals surface area contributed by atoms with E-state index in [-0.39, 0.29) is 18.0 Å². The number of pyridine rings is 1. The molecule has 1 amide bonds. The average Bonchev–Trinajstić information content (AvgIpc) is 2.65. The standard InChI is InChI=1S/C20H25N5O/c1-13-9-16(24-20(26)14(2)22-3)12-25(11-13)18-7-6-15(10-21)19-17(18)5-4-8-23-19/h4-8,13-14,16,22H,9,11-12H2,1-3H3,(H,24,26)/t13-,14?,16+/m0/s1. The van der Waals surface area contributed by atoms with Gasteiger partial charge in [-0.15, -0.1) is 0 Å². The molecule has 1 aliphatic rings. The molecule has 2 N–H and O–H groups in total. The Morgan fingerprint density at radius 2 is 2.19 bits per heavy atom. The fourth-order valence-electron chi connectivity index (χ4n) is 3.63. The van der Waals surface area contributed by atoms with Crippen LogP contribution in [0.3, 0.4) is 0 Å². The molecule has 0 aliphatic carbocycles. The van der Waals surface area contributed by atoms with Gasteiger partial charge >= 0.3 is 0 Å². The minimum absolute atomic E-state index is 0.0258. The molecule has 1 saturated heterocycles. The lowest BCUT2D eigenvalue weighted by atomic mass is 9.94. The van der Waals surface area contributed by atoms with Gasteiger partial charge in [-0.25, -0.2) is 0 Å². The molecule has 0 saturated carbocycles. The molecule has 6 heteroatoms. The second-order valence-corrected chi connectivity index (χ2v) is 7.11. The minimum atomic E-state index is -0.208. The number of rotatable bonds is 4. The van der Waals surface area contributed by atoms with Crippen LogP contribution in [0.1, 0.15) is 25.8 Å². The van der Waals surface area contributed by atoms with Gasteiger partial charge in [-0.3, -0.25) is 9.78 Å². The number of benzene rings is 1. The summed E-state index contributed by atoms with van der Waals surface area (Å²) >= 11 is 0. The summed E-state index contributed by atoms with van der Waals surface area (Å²) in [5, 5.41) is 16.5. The zero-order valence-electron chi connectivity index (χ0n) is 15.5. The van der Waals surface area contributed by atoms with Gasteiger partial charge in [-0.05, 0) is 50.6 Å². The maximum absolute atomic E-state index is 12.2. The van der Waals surface area contributed by atoms with Crippen molar-refractivity contribution >= 4 is 22.5 Å². The number of carbonyl (C=O) groups excluding carboxylic acids is 1. The van der Waals surface area contributed by atoms with Crippen LogP contribution in [0.5, 0.6) is 0 Å². The molecule has 1 aromatic carbocycles. The lowest BCUT2D eigenvalue weighted by molar-refractivity contribution is -0.123. The Balaban J connectivity index is 1.88. The molecule has 0 spiro atoms. The van der Waals surface area contributed by atoms with Crippen LogP contribution in [0.4, 0.5) is 5.69 Å². The van der Waals surface area contributed by atoms with Gasteiger partial charge in [0.1, 0.15) is 6.07 Å². The van der Waals surface area contributed by atoms with E-state index in [4.69, 9.17) is 0 Å². The number of likely N-dealkylation sites (N-methyl/N-ethyl adjacent to an activating group) is 1. The number of anilines is 1. The Kier molecular flexibility index (Phi) is 5.38. The molecule has 2 aromatic rings. The molecule has 1 unspecified atom stereocenters. The Bertz CT molecular complexity index is 844. The number of hydrogen-bond donors (Lipinski definition) is 2. The summed E-state index contributed by atoms with van der Waals surface area (Å²) in [7, 11) is 1.79. The van der Waals surface area contributed by atoms with Crippen molar-refractivity contribution in [1.29, 1.82) is 5.26 Å². The molecule has 1 fully saturated rings. The first kappa shape index (κ1) is 18.2. The number of fused-ring (bicyclic) bond motifs is 1. The van der Waals surface area contributed by atoms with Crippen LogP contribution in [0, 0.1) is 17.2 Å². The van der Waals surface area contributed by atoms with E-state index in [1.165, 1.54) is 0 Å². The van der Waals surface area contributed by atoms with Crippen molar-refractivity contribution in [1.82, 2.24) is 15.6 Å². The van der Waals surface area contributed by atoms with Crippen LogP contribution in [-0.2, 0) is 4.79 Å². The summed E-state index contributed by atoms with van der Waals surface area (Å²) in [4.78, 5) is 19.0. The summed E-state index contributed by atoms with van der Waals surface area (Å²) in [5.41, 5.74) is 2.39. The highest BCUT2D eigenvalue weighted by molar-refractivity contribution is 5.95. The normalized spacial score (nSPS) is 21.2. The van der Waals surface area contributed by atoms with Crippen molar-refractivity contribution in [2.24, 2.45) is 5.92 Å². The van der Waals surface area contributed by atoms with E-state index < -0.39 is 0 Å². The highest BCUT2D eigenvalue weighted by Crippen LogP contribution is 2.31. The summed E-state index contributed by atoms with van der Waals surface area (Å²) in [6.07, 6.45) is 2.68. The van der Waals surface area contributed by atoms with Crippen molar-refractivity contribution < 1.29 is 4.79 Å². The summed E-state index contributed by atoms with van der Waals surface area (Å²) in [5.74, 6) is 0.485. The number of amides is 1. The molecule has 3 atom stereocenters. The van der Waals surface area contributed by atoms with Gasteiger partial charge in [-0.2, -0.15) is 5.26 Å². The van der Waals surface area contributed by atoms with E-state index >= 15 is 0 Å². The molecule has 0 bridgehead atoms. The fraction of sp³-hybridized carbons (Fsp3) is 0.450. The van der Waals surface area contributed by atoms with Crippen LogP contribution in [-0.4, -0.2) is 43.1 Å². The van der Waals surface area contributed by atoms with Crippen LogP contribution < -0.4 is 15.5 Å². The van der Waals surface area contributed by atoms with Gasteiger partial charge in [0.25, 0.3) is 0 Å². The number of nitrogens with zero attached hydrogens (tertiary/aromatic N) is 3. The summed E-state index contributed by atoms with van der Waals surface area (Å²) in [6.45, 7) is 5.74. The lowest BCUT2D eigenvalue weighted by Crippen LogP contribution is -2.53. The predicted octanol–water partition coefficient (Wildman–Crippen LogP) is 2.05.